The number of hydrogen-bond acceptors (Lipinski definition) is 5. The predicted molar refractivity (Wildman–Crippen MR) is 130 cm³/mol. The highest BCUT2D eigenvalue weighted by molar-refractivity contribution is 6.46. The first-order valence-electron chi connectivity index (χ1n) is 11.5. The third-order valence-electron chi connectivity index (χ3n) is 5.74. The van der Waals surface area contributed by atoms with Crippen LogP contribution < -0.4 is 4.74 Å². The lowest BCUT2D eigenvalue weighted by molar-refractivity contribution is -0.140. The van der Waals surface area contributed by atoms with E-state index in [0.717, 1.165) is 12.0 Å². The summed E-state index contributed by atoms with van der Waals surface area (Å²) in [7, 11) is 3.84. The van der Waals surface area contributed by atoms with Gasteiger partial charge in [0.1, 0.15) is 11.5 Å². The maximum absolute atomic E-state index is 13.1. The van der Waals surface area contributed by atoms with E-state index in [1.165, 1.54) is 5.56 Å². The van der Waals surface area contributed by atoms with E-state index in [0.29, 0.717) is 36.9 Å². The Balaban J connectivity index is 2.02. The lowest BCUT2D eigenvalue weighted by atomic mass is 9.94. The van der Waals surface area contributed by atoms with Gasteiger partial charge in [-0.05, 0) is 61.8 Å². The lowest BCUT2D eigenvalue weighted by Gasteiger charge is -2.26. The van der Waals surface area contributed by atoms with Gasteiger partial charge >= 0.3 is 0 Å². The molecular weight excluding hydrogens is 416 g/mol. The van der Waals surface area contributed by atoms with E-state index >= 15 is 0 Å². The summed E-state index contributed by atoms with van der Waals surface area (Å²) in [5, 5.41) is 11.2. The van der Waals surface area contributed by atoms with E-state index in [2.05, 4.69) is 20.8 Å². The molecule has 0 aliphatic carbocycles. The molecule has 2 aromatic carbocycles. The highest BCUT2D eigenvalue weighted by Gasteiger charge is 2.45. The molecule has 0 bridgehead atoms. The summed E-state index contributed by atoms with van der Waals surface area (Å²) in [6.45, 7) is 7.81. The quantitative estimate of drug-likeness (QED) is 0.351. The predicted octanol–water partition coefficient (Wildman–Crippen LogP) is 4.27. The topological polar surface area (TPSA) is 70.1 Å². The summed E-state index contributed by atoms with van der Waals surface area (Å²) in [4.78, 5) is 29.6. The van der Waals surface area contributed by atoms with Crippen molar-refractivity contribution in [2.45, 2.75) is 33.2 Å². The molecule has 1 atom stereocenters. The molecular formula is C27H34N2O4. The molecule has 1 fully saturated rings. The van der Waals surface area contributed by atoms with Gasteiger partial charge in [0.05, 0.1) is 18.2 Å². The van der Waals surface area contributed by atoms with Gasteiger partial charge in [-0.1, -0.05) is 45.0 Å². The highest BCUT2D eigenvalue weighted by atomic mass is 16.5. The van der Waals surface area contributed by atoms with Crippen LogP contribution in [-0.2, 0) is 16.0 Å². The number of aliphatic hydroxyl groups is 1. The molecule has 1 aliphatic heterocycles. The van der Waals surface area contributed by atoms with Crippen LogP contribution in [0.2, 0.25) is 0 Å². The first kappa shape index (κ1) is 24.5. The maximum atomic E-state index is 13.1. The van der Waals surface area contributed by atoms with Crippen LogP contribution in [0, 0.1) is 5.92 Å². The molecule has 3 rings (SSSR count). The van der Waals surface area contributed by atoms with E-state index in [-0.39, 0.29) is 11.3 Å². The summed E-state index contributed by atoms with van der Waals surface area (Å²) in [5.41, 5.74) is 2.58. The van der Waals surface area contributed by atoms with E-state index in [1.54, 1.807) is 29.2 Å². The van der Waals surface area contributed by atoms with Gasteiger partial charge in [0.25, 0.3) is 11.7 Å². The summed E-state index contributed by atoms with van der Waals surface area (Å²) < 4.78 is 5.72. The second kappa shape index (κ2) is 10.7. The van der Waals surface area contributed by atoms with Crippen molar-refractivity contribution < 1.29 is 19.4 Å². The number of aryl methyl sites for hydroxylation is 1. The Hall–Kier alpha value is -3.12. The van der Waals surface area contributed by atoms with Crippen molar-refractivity contribution in [2.75, 3.05) is 33.8 Å². The number of likely N-dealkylation sites (tertiary alicyclic amines) is 1. The summed E-state index contributed by atoms with van der Waals surface area (Å²) >= 11 is 0. The van der Waals surface area contributed by atoms with Crippen LogP contribution >= 0.6 is 0 Å². The molecule has 1 heterocycles. The smallest absolute Gasteiger partial charge is 0.295 e. The number of likely N-dealkylation sites (N-methyl/N-ethyl adjacent to an activating group) is 1. The number of amides is 1. The van der Waals surface area contributed by atoms with Crippen molar-refractivity contribution in [3.8, 4) is 5.75 Å². The number of benzene rings is 2. The van der Waals surface area contributed by atoms with E-state index in [9.17, 15) is 14.7 Å². The minimum atomic E-state index is -0.657. The Labute approximate surface area is 196 Å². The maximum Gasteiger partial charge on any atom is 0.295 e. The third-order valence-corrected chi connectivity index (χ3v) is 5.74. The molecule has 0 radical (unpaired) electrons. The zero-order valence-electron chi connectivity index (χ0n) is 20.2. The highest BCUT2D eigenvalue weighted by Crippen LogP contribution is 2.39. The van der Waals surface area contributed by atoms with Gasteiger partial charge in [0.2, 0.25) is 0 Å². The first-order valence-corrected chi connectivity index (χ1v) is 11.5. The number of rotatable bonds is 9. The normalized spacial score (nSPS) is 17.9. The van der Waals surface area contributed by atoms with Crippen LogP contribution in [-0.4, -0.2) is 60.4 Å². The zero-order chi connectivity index (χ0) is 24.1. The summed E-state index contributed by atoms with van der Waals surface area (Å²) in [6.07, 6.45) is 0.895. The van der Waals surface area contributed by atoms with Crippen LogP contribution in [0.1, 0.15) is 43.5 Å². The Morgan fingerprint density at radius 1 is 1.06 bits per heavy atom. The molecule has 6 heteroatoms. The minimum absolute atomic E-state index is 0.124. The minimum Gasteiger partial charge on any atom is -0.507 e. The van der Waals surface area contributed by atoms with Crippen molar-refractivity contribution in [3.05, 3.63) is 70.8 Å². The molecule has 0 aromatic heterocycles. The largest absolute Gasteiger partial charge is 0.507 e. The third kappa shape index (κ3) is 5.63. The molecule has 2 aromatic rings. The number of ketones is 1. The SMILES string of the molecule is CCc1ccc([C@@H]2/C(=C(\O)c3ccc(OCC(C)C)cc3)C(=O)C(=O)N2CCN(C)C)cc1. The van der Waals surface area contributed by atoms with Gasteiger partial charge < -0.3 is 19.6 Å². The molecule has 33 heavy (non-hydrogen) atoms. The number of ether oxygens (including phenoxy) is 1. The van der Waals surface area contributed by atoms with Gasteiger partial charge in [-0.15, -0.1) is 0 Å². The number of Topliss-reactive ketones (excluding diaryl/α,β-unsaturated/α-hetero) is 1. The standard InChI is InChI=1S/C27H34N2O4/c1-6-19-7-9-20(10-8-19)24-23(26(31)27(32)29(24)16-15-28(4)5)25(30)21-11-13-22(14-12-21)33-17-18(2)3/h7-14,18,24,30H,6,15-17H2,1-5H3/b25-23+/t24-/m1/s1. The lowest BCUT2D eigenvalue weighted by Crippen LogP contribution is -2.35. The van der Waals surface area contributed by atoms with E-state index < -0.39 is 17.7 Å². The Morgan fingerprint density at radius 2 is 1.70 bits per heavy atom. The summed E-state index contributed by atoms with van der Waals surface area (Å²) in [5.74, 6) is -0.315. The molecule has 176 valence electrons. The molecule has 0 saturated carbocycles. The average molecular weight is 451 g/mol. The van der Waals surface area contributed by atoms with Gasteiger partial charge in [-0.3, -0.25) is 9.59 Å². The fourth-order valence-corrected chi connectivity index (χ4v) is 3.83. The van der Waals surface area contributed by atoms with Crippen LogP contribution in [0.5, 0.6) is 5.75 Å². The number of nitrogens with zero attached hydrogens (tertiary/aromatic N) is 2. The molecule has 1 saturated heterocycles. The van der Waals surface area contributed by atoms with Gasteiger partial charge in [-0.25, -0.2) is 0 Å². The van der Waals surface area contributed by atoms with Gasteiger partial charge in [0.15, 0.2) is 0 Å². The second-order valence-electron chi connectivity index (χ2n) is 9.12. The molecule has 1 N–H and O–H groups in total. The van der Waals surface area contributed by atoms with Crippen molar-refractivity contribution in [3.63, 3.8) is 0 Å². The van der Waals surface area contributed by atoms with Crippen molar-refractivity contribution in [1.82, 2.24) is 9.80 Å². The first-order chi connectivity index (χ1) is 15.7. The van der Waals surface area contributed by atoms with E-state index in [1.807, 2.05) is 43.3 Å². The van der Waals surface area contributed by atoms with Gasteiger partial charge in [-0.2, -0.15) is 0 Å². The van der Waals surface area contributed by atoms with Gasteiger partial charge in [0, 0.05) is 18.7 Å². The number of aliphatic hydroxyl groups excluding tert-OH is 1. The Bertz CT molecular complexity index is 1010. The zero-order valence-corrected chi connectivity index (χ0v) is 20.2. The fourth-order valence-electron chi connectivity index (χ4n) is 3.83. The average Bonchev–Trinajstić information content (AvgIpc) is 3.06. The fraction of sp³-hybridized carbons (Fsp3) is 0.407. The second-order valence-corrected chi connectivity index (χ2v) is 9.12. The Morgan fingerprint density at radius 3 is 2.24 bits per heavy atom. The molecule has 0 unspecified atom stereocenters. The molecule has 1 amide bonds. The summed E-state index contributed by atoms with van der Waals surface area (Å²) in [6, 6.07) is 14.2. The Kier molecular flexibility index (Phi) is 7.92. The van der Waals surface area contributed by atoms with Crippen LogP contribution in [0.4, 0.5) is 0 Å². The molecule has 1 aliphatic rings. The van der Waals surface area contributed by atoms with Crippen LogP contribution in [0.25, 0.3) is 5.76 Å². The van der Waals surface area contributed by atoms with Crippen LogP contribution in [0.15, 0.2) is 54.1 Å². The van der Waals surface area contributed by atoms with Crippen molar-refractivity contribution >= 4 is 17.4 Å². The van der Waals surface area contributed by atoms with Crippen LogP contribution in [0.3, 0.4) is 0 Å². The van der Waals surface area contributed by atoms with Crippen molar-refractivity contribution in [1.29, 1.82) is 0 Å². The molecule has 6 nitrogen and oxygen atoms in total. The van der Waals surface area contributed by atoms with E-state index in [4.69, 9.17) is 4.74 Å². The number of hydrogen-bond donors (Lipinski definition) is 1. The monoisotopic (exact) mass is 450 g/mol. The van der Waals surface area contributed by atoms with Crippen molar-refractivity contribution in [2.24, 2.45) is 5.92 Å². The molecule has 0 spiro atoms. The number of carbonyl (C=O) groups excluding carboxylic acids is 2. The number of carbonyl (C=O) groups is 2.